The summed E-state index contributed by atoms with van der Waals surface area (Å²) in [5, 5.41) is 3.23. The van der Waals surface area contributed by atoms with Crippen LogP contribution < -0.4 is 19.5 Å². The highest BCUT2D eigenvalue weighted by molar-refractivity contribution is 6.27. The van der Waals surface area contributed by atoms with Gasteiger partial charge in [0.25, 0.3) is 0 Å². The van der Waals surface area contributed by atoms with E-state index in [4.69, 9.17) is 25.8 Å². The van der Waals surface area contributed by atoms with Crippen molar-refractivity contribution < 1.29 is 23.8 Å². The number of ether oxygens (including phenoxy) is 3. The lowest BCUT2D eigenvalue weighted by atomic mass is 10.0. The normalized spacial score (nSPS) is 14.9. The largest absolute Gasteiger partial charge is 0.496 e. The van der Waals surface area contributed by atoms with Crippen molar-refractivity contribution in [2.75, 3.05) is 26.7 Å². The predicted octanol–water partition coefficient (Wildman–Crippen LogP) is 5.25. The summed E-state index contributed by atoms with van der Waals surface area (Å²) in [6, 6.07) is 12.0. The van der Waals surface area contributed by atoms with Gasteiger partial charge in [0.1, 0.15) is 17.7 Å². The van der Waals surface area contributed by atoms with E-state index < -0.39 is 6.04 Å². The number of halogens is 1. The lowest BCUT2D eigenvalue weighted by Gasteiger charge is -2.33. The molecule has 1 aliphatic rings. The van der Waals surface area contributed by atoms with Gasteiger partial charge in [-0.1, -0.05) is 49.9 Å². The smallest absolute Gasteiger partial charge is 0.247 e. The second kappa shape index (κ2) is 14.0. The second-order valence-corrected chi connectivity index (χ2v) is 9.18. The molecule has 0 radical (unpaired) electrons. The predicted molar refractivity (Wildman–Crippen MR) is 141 cm³/mol. The van der Waals surface area contributed by atoms with E-state index in [0.29, 0.717) is 29.4 Å². The van der Waals surface area contributed by atoms with Crippen molar-refractivity contribution in [2.45, 2.75) is 64.1 Å². The van der Waals surface area contributed by atoms with Gasteiger partial charge >= 0.3 is 0 Å². The maximum atomic E-state index is 13.9. The summed E-state index contributed by atoms with van der Waals surface area (Å²) < 4.78 is 16.7. The summed E-state index contributed by atoms with van der Waals surface area (Å²) in [6.45, 7) is 2.53. The van der Waals surface area contributed by atoms with Gasteiger partial charge < -0.3 is 24.4 Å². The van der Waals surface area contributed by atoms with Gasteiger partial charge in [-0.25, -0.2) is 0 Å². The lowest BCUT2D eigenvalue weighted by Crippen LogP contribution is -2.46. The Hall–Kier alpha value is -2.93. The first-order chi connectivity index (χ1) is 17.5. The summed E-state index contributed by atoms with van der Waals surface area (Å²) in [5.41, 5.74) is 1.40. The molecule has 0 saturated heterocycles. The van der Waals surface area contributed by atoms with Crippen LogP contribution in [-0.4, -0.2) is 49.5 Å². The Bertz CT molecular complexity index is 1010. The van der Waals surface area contributed by atoms with Crippen molar-refractivity contribution in [3.8, 4) is 17.2 Å². The number of carbonyl (C=O) groups excluding carboxylic acids is 2. The molecule has 1 aliphatic carbocycles. The number of hydrogen-bond acceptors (Lipinski definition) is 5. The molecule has 196 valence electrons. The molecule has 0 spiro atoms. The molecule has 2 aromatic rings. The molecule has 8 heteroatoms. The first-order valence-corrected chi connectivity index (χ1v) is 13.1. The molecule has 0 bridgehead atoms. The van der Waals surface area contributed by atoms with Crippen LogP contribution in [0.15, 0.2) is 42.5 Å². The van der Waals surface area contributed by atoms with Crippen LogP contribution in [-0.2, 0) is 16.1 Å². The number of carbonyl (C=O) groups is 2. The van der Waals surface area contributed by atoms with E-state index in [0.717, 1.165) is 31.2 Å². The SMILES string of the molecule is CCOc1ccc([C@H](C(=O)NC2CCCCCC2)N(Cc2ccccc2OC)C(=O)CCl)cc1OC. The van der Waals surface area contributed by atoms with Crippen LogP contribution in [0.1, 0.15) is 62.6 Å². The molecule has 7 nitrogen and oxygen atoms in total. The number of amides is 2. The first-order valence-electron chi connectivity index (χ1n) is 12.6. The highest BCUT2D eigenvalue weighted by atomic mass is 35.5. The summed E-state index contributed by atoms with van der Waals surface area (Å²) in [6.07, 6.45) is 6.38. The maximum absolute atomic E-state index is 13.9. The van der Waals surface area contributed by atoms with E-state index in [1.165, 1.54) is 17.7 Å². The molecule has 0 heterocycles. The zero-order valence-electron chi connectivity index (χ0n) is 21.4. The van der Waals surface area contributed by atoms with Gasteiger partial charge in [-0.05, 0) is 43.5 Å². The standard InChI is InChI=1S/C28H37ClN2O5/c1-4-36-24-16-15-20(17-25(24)35-3)27(28(33)30-22-12-7-5-6-8-13-22)31(26(32)18-29)19-21-11-9-10-14-23(21)34-2/h9-11,14-17,22,27H,4-8,12-13,18-19H2,1-3H3,(H,30,33)/t27-/m1/s1. The number of nitrogens with zero attached hydrogens (tertiary/aromatic N) is 1. The molecular weight excluding hydrogens is 480 g/mol. The molecule has 3 rings (SSSR count). The Balaban J connectivity index is 2.04. The van der Waals surface area contributed by atoms with E-state index in [1.807, 2.05) is 37.3 Å². The van der Waals surface area contributed by atoms with Crippen molar-refractivity contribution >= 4 is 23.4 Å². The van der Waals surface area contributed by atoms with Crippen molar-refractivity contribution in [2.24, 2.45) is 0 Å². The molecule has 1 saturated carbocycles. The number of methoxy groups -OCH3 is 2. The van der Waals surface area contributed by atoms with Crippen LogP contribution in [0.5, 0.6) is 17.2 Å². The van der Waals surface area contributed by atoms with Crippen LogP contribution in [0.25, 0.3) is 0 Å². The van der Waals surface area contributed by atoms with Gasteiger partial charge in [0, 0.05) is 11.6 Å². The van der Waals surface area contributed by atoms with E-state index in [1.54, 1.807) is 26.4 Å². The number of nitrogens with one attached hydrogen (secondary N) is 1. The zero-order chi connectivity index (χ0) is 25.9. The summed E-state index contributed by atoms with van der Waals surface area (Å²) in [5.74, 6) is 0.870. The zero-order valence-corrected chi connectivity index (χ0v) is 22.2. The summed E-state index contributed by atoms with van der Waals surface area (Å²) in [7, 11) is 3.14. The van der Waals surface area contributed by atoms with Crippen molar-refractivity contribution in [3.05, 3.63) is 53.6 Å². The summed E-state index contributed by atoms with van der Waals surface area (Å²) in [4.78, 5) is 28.6. The fourth-order valence-electron chi connectivity index (χ4n) is 4.72. The second-order valence-electron chi connectivity index (χ2n) is 8.91. The number of alkyl halides is 1. The number of para-hydroxylation sites is 1. The summed E-state index contributed by atoms with van der Waals surface area (Å²) >= 11 is 6.06. The molecule has 1 atom stereocenters. The van der Waals surface area contributed by atoms with Crippen LogP contribution in [0.2, 0.25) is 0 Å². The number of hydrogen-bond donors (Lipinski definition) is 1. The molecule has 2 amide bonds. The molecule has 2 aromatic carbocycles. The molecular formula is C28H37ClN2O5. The van der Waals surface area contributed by atoms with E-state index in [2.05, 4.69) is 5.32 Å². The fourth-order valence-corrected chi connectivity index (χ4v) is 4.88. The van der Waals surface area contributed by atoms with Gasteiger partial charge in [0.15, 0.2) is 11.5 Å². The Kier molecular flexibility index (Phi) is 10.7. The average Bonchev–Trinajstić information content (AvgIpc) is 3.17. The van der Waals surface area contributed by atoms with Gasteiger partial charge in [0.2, 0.25) is 11.8 Å². The molecule has 1 N–H and O–H groups in total. The average molecular weight is 517 g/mol. The van der Waals surface area contributed by atoms with Crippen LogP contribution in [0.3, 0.4) is 0 Å². The van der Waals surface area contributed by atoms with Gasteiger partial charge in [-0.2, -0.15) is 0 Å². The maximum Gasteiger partial charge on any atom is 0.247 e. The first kappa shape index (κ1) is 27.7. The topological polar surface area (TPSA) is 77.1 Å². The van der Waals surface area contributed by atoms with Crippen LogP contribution in [0, 0.1) is 0 Å². The van der Waals surface area contributed by atoms with Crippen molar-refractivity contribution in [3.63, 3.8) is 0 Å². The monoisotopic (exact) mass is 516 g/mol. The van der Waals surface area contributed by atoms with Crippen molar-refractivity contribution in [1.82, 2.24) is 10.2 Å². The minimum absolute atomic E-state index is 0.0753. The Morgan fingerprint density at radius 1 is 1.00 bits per heavy atom. The quantitative estimate of drug-likeness (QED) is 0.326. The van der Waals surface area contributed by atoms with Crippen molar-refractivity contribution in [1.29, 1.82) is 0 Å². The molecule has 1 fully saturated rings. The third-order valence-electron chi connectivity index (χ3n) is 6.53. The van der Waals surface area contributed by atoms with E-state index in [9.17, 15) is 9.59 Å². The number of benzene rings is 2. The minimum Gasteiger partial charge on any atom is -0.496 e. The third-order valence-corrected chi connectivity index (χ3v) is 6.76. The molecule has 36 heavy (non-hydrogen) atoms. The highest BCUT2D eigenvalue weighted by Gasteiger charge is 2.33. The third kappa shape index (κ3) is 7.06. The Morgan fingerprint density at radius 3 is 2.33 bits per heavy atom. The molecule has 0 aliphatic heterocycles. The minimum atomic E-state index is -0.908. The molecule has 0 aromatic heterocycles. The van der Waals surface area contributed by atoms with Gasteiger partial charge in [0.05, 0.1) is 27.4 Å². The Labute approximate surface area is 219 Å². The van der Waals surface area contributed by atoms with Gasteiger partial charge in [-0.3, -0.25) is 9.59 Å². The Morgan fingerprint density at radius 2 is 1.69 bits per heavy atom. The van der Waals surface area contributed by atoms with Crippen LogP contribution in [0.4, 0.5) is 0 Å². The highest BCUT2D eigenvalue weighted by Crippen LogP contribution is 2.34. The fraction of sp³-hybridized carbons (Fsp3) is 0.500. The van der Waals surface area contributed by atoms with Crippen LogP contribution >= 0.6 is 11.6 Å². The van der Waals surface area contributed by atoms with Gasteiger partial charge in [-0.15, -0.1) is 11.6 Å². The number of rotatable bonds is 11. The molecule has 0 unspecified atom stereocenters. The van der Waals surface area contributed by atoms with E-state index >= 15 is 0 Å². The van der Waals surface area contributed by atoms with E-state index in [-0.39, 0.29) is 30.3 Å². The lowest BCUT2D eigenvalue weighted by molar-refractivity contribution is -0.140.